The number of hydrogen-bond acceptors (Lipinski definition) is 4. The molecule has 0 fully saturated rings. The molecule has 10 heteroatoms. The van der Waals surface area contributed by atoms with Crippen LogP contribution in [-0.2, 0) is 32.6 Å². The van der Waals surface area contributed by atoms with Crippen LogP contribution in [0.5, 0.6) is 0 Å². The molecule has 0 unspecified atom stereocenters. The normalized spacial score (nSPS) is 12.0. The van der Waals surface area contributed by atoms with Crippen molar-refractivity contribution in [1.82, 2.24) is 10.2 Å². The van der Waals surface area contributed by atoms with Crippen molar-refractivity contribution >= 4 is 39.1 Å². The lowest BCUT2D eigenvalue weighted by Gasteiger charge is -2.33. The van der Waals surface area contributed by atoms with E-state index >= 15 is 0 Å². The molecule has 0 aliphatic rings. The van der Waals surface area contributed by atoms with Gasteiger partial charge in [-0.15, -0.1) is 0 Å². The number of amides is 2. The minimum absolute atomic E-state index is 0.00795. The maximum absolute atomic E-state index is 14.0. The Morgan fingerprint density at radius 1 is 1.00 bits per heavy atom. The third kappa shape index (κ3) is 8.03. The molecule has 0 heterocycles. The fourth-order valence-electron chi connectivity index (χ4n) is 3.98. The first kappa shape index (κ1) is 29.1. The molecule has 0 radical (unpaired) electrons. The Balaban J connectivity index is 2.05. The summed E-state index contributed by atoms with van der Waals surface area (Å²) in [6.45, 7) is 1.68. The fraction of sp³-hybridized carbons (Fsp3) is 0.286. The highest BCUT2D eigenvalue weighted by Crippen LogP contribution is 2.23. The number of hydrogen-bond donors (Lipinski definition) is 1. The highest BCUT2D eigenvalue weighted by Gasteiger charge is 2.33. The molecule has 7 nitrogen and oxygen atoms in total. The van der Waals surface area contributed by atoms with Crippen LogP contribution in [0.1, 0.15) is 24.5 Å². The molecule has 0 bridgehead atoms. The van der Waals surface area contributed by atoms with Crippen LogP contribution >= 0.6 is 11.6 Å². The van der Waals surface area contributed by atoms with Crippen molar-refractivity contribution in [2.75, 3.05) is 23.7 Å². The van der Waals surface area contributed by atoms with Crippen molar-refractivity contribution in [2.24, 2.45) is 0 Å². The summed E-state index contributed by atoms with van der Waals surface area (Å²) < 4.78 is 40.2. The molecule has 3 aromatic carbocycles. The Morgan fingerprint density at radius 2 is 1.68 bits per heavy atom. The van der Waals surface area contributed by atoms with E-state index in [1.807, 2.05) is 37.3 Å². The molecular weight excluding hydrogens is 529 g/mol. The first-order valence-electron chi connectivity index (χ1n) is 12.2. The molecule has 202 valence electrons. The predicted molar refractivity (Wildman–Crippen MR) is 148 cm³/mol. The molecule has 1 atom stereocenters. The highest BCUT2D eigenvalue weighted by atomic mass is 35.5. The van der Waals surface area contributed by atoms with Gasteiger partial charge in [-0.25, -0.2) is 12.8 Å². The molecule has 0 saturated carbocycles. The van der Waals surface area contributed by atoms with Gasteiger partial charge in [-0.1, -0.05) is 73.1 Å². The molecule has 3 rings (SSSR count). The van der Waals surface area contributed by atoms with Crippen LogP contribution in [0.15, 0.2) is 78.9 Å². The van der Waals surface area contributed by atoms with Gasteiger partial charge in [-0.3, -0.25) is 13.9 Å². The second-order valence-corrected chi connectivity index (χ2v) is 11.2. The molecule has 3 aromatic rings. The second-order valence-electron chi connectivity index (χ2n) is 8.86. The van der Waals surface area contributed by atoms with E-state index in [1.54, 1.807) is 24.3 Å². The van der Waals surface area contributed by atoms with Crippen LogP contribution in [0.4, 0.5) is 10.1 Å². The first-order chi connectivity index (χ1) is 18.1. The van der Waals surface area contributed by atoms with Crippen LogP contribution in [0, 0.1) is 5.82 Å². The van der Waals surface area contributed by atoms with Crippen molar-refractivity contribution in [2.45, 2.75) is 32.4 Å². The number of carbonyl (C=O) groups is 2. The standard InChI is InChI=1S/C28H31ClFN3O4S/c1-3-16-31-28(35)26(17-21-10-5-4-6-11-21)32(19-22-12-7-8-15-25(22)29)27(34)20-33(38(2,36)37)24-14-9-13-23(30)18-24/h4-15,18,26H,3,16-17,19-20H2,1-2H3,(H,31,35)/t26-/m1/s1. The molecule has 38 heavy (non-hydrogen) atoms. The van der Waals surface area contributed by atoms with Crippen LogP contribution in [0.25, 0.3) is 0 Å². The van der Waals surface area contributed by atoms with Gasteiger partial charge in [0.15, 0.2) is 0 Å². The number of nitrogens with one attached hydrogen (secondary N) is 1. The van der Waals surface area contributed by atoms with E-state index in [-0.39, 0.29) is 24.6 Å². The average Bonchev–Trinajstić information content (AvgIpc) is 2.88. The Bertz CT molecular complexity index is 1350. The van der Waals surface area contributed by atoms with E-state index in [2.05, 4.69) is 5.32 Å². The second kappa shape index (κ2) is 13.4. The Morgan fingerprint density at radius 3 is 2.32 bits per heavy atom. The van der Waals surface area contributed by atoms with E-state index in [0.29, 0.717) is 23.6 Å². The summed E-state index contributed by atoms with van der Waals surface area (Å²) in [7, 11) is -3.97. The van der Waals surface area contributed by atoms with Crippen molar-refractivity contribution in [3.63, 3.8) is 0 Å². The number of benzene rings is 3. The maximum Gasteiger partial charge on any atom is 0.244 e. The zero-order valence-corrected chi connectivity index (χ0v) is 22.9. The maximum atomic E-state index is 14.0. The summed E-state index contributed by atoms with van der Waals surface area (Å²) in [6.07, 6.45) is 1.84. The minimum atomic E-state index is -3.97. The van der Waals surface area contributed by atoms with Crippen molar-refractivity contribution in [1.29, 1.82) is 0 Å². The Kier molecular flexibility index (Phi) is 10.3. The van der Waals surface area contributed by atoms with Gasteiger partial charge in [0.1, 0.15) is 18.4 Å². The first-order valence-corrected chi connectivity index (χ1v) is 14.4. The smallest absolute Gasteiger partial charge is 0.244 e. The SMILES string of the molecule is CCCNC(=O)[C@@H](Cc1ccccc1)N(Cc1ccccc1Cl)C(=O)CN(c1cccc(F)c1)S(C)(=O)=O. The zero-order valence-electron chi connectivity index (χ0n) is 21.3. The molecule has 0 spiro atoms. The van der Waals surface area contributed by atoms with Gasteiger partial charge < -0.3 is 10.2 Å². The van der Waals surface area contributed by atoms with Gasteiger partial charge >= 0.3 is 0 Å². The monoisotopic (exact) mass is 559 g/mol. The van der Waals surface area contributed by atoms with Gasteiger partial charge in [-0.05, 0) is 41.8 Å². The third-order valence-corrected chi connectivity index (χ3v) is 7.40. The molecule has 1 N–H and O–H groups in total. The van der Waals surface area contributed by atoms with E-state index in [4.69, 9.17) is 11.6 Å². The lowest BCUT2D eigenvalue weighted by Crippen LogP contribution is -2.53. The molecule has 2 amide bonds. The van der Waals surface area contributed by atoms with E-state index in [9.17, 15) is 22.4 Å². The summed E-state index contributed by atoms with van der Waals surface area (Å²) in [5.74, 6) is -1.64. The summed E-state index contributed by atoms with van der Waals surface area (Å²) >= 11 is 6.41. The molecule has 0 saturated heterocycles. The molecule has 0 aromatic heterocycles. The Labute approximate surface area is 228 Å². The largest absolute Gasteiger partial charge is 0.354 e. The summed E-state index contributed by atoms with van der Waals surface area (Å²) in [6, 6.07) is 20.2. The van der Waals surface area contributed by atoms with E-state index in [0.717, 1.165) is 22.2 Å². The lowest BCUT2D eigenvalue weighted by molar-refractivity contribution is -0.140. The summed E-state index contributed by atoms with van der Waals surface area (Å²) in [5, 5.41) is 3.27. The van der Waals surface area contributed by atoms with Crippen LogP contribution < -0.4 is 9.62 Å². The molecule has 0 aliphatic heterocycles. The van der Waals surface area contributed by atoms with Crippen LogP contribution in [0.2, 0.25) is 5.02 Å². The summed E-state index contributed by atoms with van der Waals surface area (Å²) in [4.78, 5) is 28.6. The van der Waals surface area contributed by atoms with Crippen molar-refractivity contribution < 1.29 is 22.4 Å². The average molecular weight is 560 g/mol. The number of anilines is 1. The van der Waals surface area contributed by atoms with Gasteiger partial charge in [0.05, 0.1) is 11.9 Å². The van der Waals surface area contributed by atoms with Gasteiger partial charge in [0.2, 0.25) is 21.8 Å². The number of carbonyl (C=O) groups excluding carboxylic acids is 2. The van der Waals surface area contributed by atoms with E-state index < -0.39 is 34.3 Å². The topological polar surface area (TPSA) is 86.8 Å². The van der Waals surface area contributed by atoms with Crippen LogP contribution in [-0.4, -0.2) is 50.5 Å². The van der Waals surface area contributed by atoms with Gasteiger partial charge in [-0.2, -0.15) is 0 Å². The summed E-state index contributed by atoms with van der Waals surface area (Å²) in [5.41, 5.74) is 1.43. The third-order valence-electron chi connectivity index (χ3n) is 5.89. The quantitative estimate of drug-likeness (QED) is 0.356. The number of nitrogens with zero attached hydrogens (tertiary/aromatic N) is 2. The minimum Gasteiger partial charge on any atom is -0.354 e. The number of sulfonamides is 1. The molecule has 0 aliphatic carbocycles. The lowest BCUT2D eigenvalue weighted by atomic mass is 10.0. The predicted octanol–water partition coefficient (Wildman–Crippen LogP) is 4.41. The number of halogens is 2. The van der Waals surface area contributed by atoms with Crippen LogP contribution in [0.3, 0.4) is 0 Å². The Hall–Kier alpha value is -3.43. The fourth-order valence-corrected chi connectivity index (χ4v) is 5.01. The van der Waals surface area contributed by atoms with Gasteiger partial charge in [0.25, 0.3) is 0 Å². The van der Waals surface area contributed by atoms with E-state index in [1.165, 1.54) is 23.1 Å². The highest BCUT2D eigenvalue weighted by molar-refractivity contribution is 7.92. The number of rotatable bonds is 12. The molecular formula is C28H31ClFN3O4S. The van der Waals surface area contributed by atoms with Crippen molar-refractivity contribution in [3.8, 4) is 0 Å². The van der Waals surface area contributed by atoms with Crippen molar-refractivity contribution in [3.05, 3.63) is 101 Å². The van der Waals surface area contributed by atoms with Gasteiger partial charge in [0, 0.05) is 24.5 Å². The zero-order chi connectivity index (χ0) is 27.7.